The summed E-state index contributed by atoms with van der Waals surface area (Å²) in [4.78, 5) is 18.3. The average molecular weight is 344 g/mol. The number of rotatable bonds is 3. The highest BCUT2D eigenvalue weighted by Crippen LogP contribution is 2.27. The molecule has 0 saturated carbocycles. The topological polar surface area (TPSA) is 66.2 Å². The van der Waals surface area contributed by atoms with Crippen LogP contribution in [0.3, 0.4) is 0 Å². The number of pyridine rings is 1. The second kappa shape index (κ2) is 7.33. The van der Waals surface area contributed by atoms with Gasteiger partial charge in [-0.3, -0.25) is 9.88 Å². The van der Waals surface area contributed by atoms with Crippen LogP contribution in [-0.4, -0.2) is 16.7 Å². The highest BCUT2D eigenvalue weighted by Gasteiger charge is 2.26. The number of carbonyl (C=O) groups is 1. The Kier molecular flexibility index (Phi) is 5.42. The smallest absolute Gasteiger partial charge is 0.415 e. The molecule has 1 amide bonds. The molecule has 24 heavy (non-hydrogen) atoms. The second-order valence-corrected chi connectivity index (χ2v) is 6.60. The molecular weight excluding hydrogens is 326 g/mol. The van der Waals surface area contributed by atoms with Crippen molar-refractivity contribution in [1.29, 1.82) is 5.26 Å². The summed E-state index contributed by atoms with van der Waals surface area (Å²) in [7, 11) is 0. The molecule has 1 aromatic heterocycles. The van der Waals surface area contributed by atoms with E-state index in [1.54, 1.807) is 57.3 Å². The lowest BCUT2D eigenvalue weighted by Crippen LogP contribution is -2.37. The van der Waals surface area contributed by atoms with E-state index in [9.17, 15) is 10.1 Å². The third kappa shape index (κ3) is 4.71. The molecule has 0 spiro atoms. The summed E-state index contributed by atoms with van der Waals surface area (Å²) in [5.74, 6) is 0. The first-order valence-corrected chi connectivity index (χ1v) is 7.78. The van der Waals surface area contributed by atoms with Crippen molar-refractivity contribution in [2.24, 2.45) is 0 Å². The van der Waals surface area contributed by atoms with Gasteiger partial charge in [0.2, 0.25) is 0 Å². The fraction of sp³-hybridized carbons (Fsp3) is 0.278. The maximum atomic E-state index is 12.7. The van der Waals surface area contributed by atoms with E-state index in [0.717, 1.165) is 0 Å². The van der Waals surface area contributed by atoms with Crippen molar-refractivity contribution in [2.45, 2.75) is 32.9 Å². The highest BCUT2D eigenvalue weighted by molar-refractivity contribution is 6.31. The van der Waals surface area contributed by atoms with Gasteiger partial charge < -0.3 is 4.74 Å². The van der Waals surface area contributed by atoms with Crippen molar-refractivity contribution < 1.29 is 9.53 Å². The first kappa shape index (κ1) is 17.8. The normalized spacial score (nSPS) is 10.8. The minimum absolute atomic E-state index is 0.171. The maximum Gasteiger partial charge on any atom is 0.415 e. The molecule has 0 unspecified atom stereocenters. The van der Waals surface area contributed by atoms with E-state index >= 15 is 0 Å². The first-order chi connectivity index (χ1) is 11.3. The fourth-order valence-corrected chi connectivity index (χ4v) is 2.21. The summed E-state index contributed by atoms with van der Waals surface area (Å²) in [6.07, 6.45) is 1.08. The van der Waals surface area contributed by atoms with Gasteiger partial charge in [-0.05, 0) is 51.1 Å². The number of hydrogen-bond acceptors (Lipinski definition) is 4. The van der Waals surface area contributed by atoms with E-state index < -0.39 is 11.7 Å². The lowest BCUT2D eigenvalue weighted by Gasteiger charge is -2.28. The first-order valence-electron chi connectivity index (χ1n) is 7.40. The largest absolute Gasteiger partial charge is 0.443 e. The van der Waals surface area contributed by atoms with Crippen molar-refractivity contribution in [3.63, 3.8) is 0 Å². The standard InChI is InChI=1S/C18H18ClN3O2/c1-18(2,3)24-17(23)22(12-15-6-4-5-9-21-15)16-10-14(19)8-7-13(16)11-20/h4-10H,12H2,1-3H3. The summed E-state index contributed by atoms with van der Waals surface area (Å²) >= 11 is 6.05. The fourth-order valence-electron chi connectivity index (χ4n) is 2.04. The van der Waals surface area contributed by atoms with Gasteiger partial charge in [0.25, 0.3) is 0 Å². The van der Waals surface area contributed by atoms with Gasteiger partial charge in [-0.1, -0.05) is 17.7 Å². The van der Waals surface area contributed by atoms with E-state index in [1.807, 2.05) is 6.07 Å². The number of hydrogen-bond donors (Lipinski definition) is 0. The van der Waals surface area contributed by atoms with Gasteiger partial charge in [0.1, 0.15) is 11.7 Å². The Hall–Kier alpha value is -2.58. The Balaban J connectivity index is 2.45. The molecule has 0 aliphatic heterocycles. The lowest BCUT2D eigenvalue weighted by atomic mass is 10.1. The van der Waals surface area contributed by atoms with Crippen LogP contribution in [0.5, 0.6) is 0 Å². The molecule has 0 saturated heterocycles. The van der Waals surface area contributed by atoms with Crippen molar-refractivity contribution in [3.8, 4) is 6.07 Å². The number of halogens is 1. The molecule has 0 fully saturated rings. The maximum absolute atomic E-state index is 12.7. The van der Waals surface area contributed by atoms with Crippen LogP contribution in [0.15, 0.2) is 42.6 Å². The van der Waals surface area contributed by atoms with Crippen LogP contribution in [0.4, 0.5) is 10.5 Å². The van der Waals surface area contributed by atoms with Gasteiger partial charge in [-0.2, -0.15) is 5.26 Å². The summed E-state index contributed by atoms with van der Waals surface area (Å²) in [6.45, 7) is 5.53. The highest BCUT2D eigenvalue weighted by atomic mass is 35.5. The third-order valence-electron chi connectivity index (χ3n) is 3.03. The van der Waals surface area contributed by atoms with Crippen LogP contribution in [0.25, 0.3) is 0 Å². The molecule has 5 nitrogen and oxygen atoms in total. The lowest BCUT2D eigenvalue weighted by molar-refractivity contribution is 0.0577. The molecule has 1 heterocycles. The van der Waals surface area contributed by atoms with Gasteiger partial charge >= 0.3 is 6.09 Å². The van der Waals surface area contributed by atoms with Crippen molar-refractivity contribution >= 4 is 23.4 Å². The van der Waals surface area contributed by atoms with E-state index in [0.29, 0.717) is 22.0 Å². The molecule has 0 aliphatic carbocycles. The van der Waals surface area contributed by atoms with Gasteiger partial charge in [0.15, 0.2) is 0 Å². The Morgan fingerprint density at radius 1 is 1.33 bits per heavy atom. The molecule has 2 rings (SSSR count). The monoisotopic (exact) mass is 343 g/mol. The van der Waals surface area contributed by atoms with Crippen LogP contribution in [-0.2, 0) is 11.3 Å². The number of benzene rings is 1. The molecule has 0 aliphatic rings. The summed E-state index contributed by atoms with van der Waals surface area (Å²) < 4.78 is 5.47. The quantitative estimate of drug-likeness (QED) is 0.820. The van der Waals surface area contributed by atoms with E-state index in [4.69, 9.17) is 16.3 Å². The predicted octanol–water partition coefficient (Wildman–Crippen LogP) is 4.55. The molecule has 0 N–H and O–H groups in total. The van der Waals surface area contributed by atoms with Gasteiger partial charge in [-0.25, -0.2) is 4.79 Å². The molecular formula is C18H18ClN3O2. The van der Waals surface area contributed by atoms with E-state index in [1.165, 1.54) is 4.90 Å². The molecule has 6 heteroatoms. The van der Waals surface area contributed by atoms with Crippen LogP contribution in [0.1, 0.15) is 32.0 Å². The molecule has 0 bridgehead atoms. The van der Waals surface area contributed by atoms with Crippen LogP contribution in [0, 0.1) is 11.3 Å². The summed E-state index contributed by atoms with van der Waals surface area (Å²) in [5, 5.41) is 9.78. The molecule has 0 radical (unpaired) electrons. The number of amides is 1. The van der Waals surface area contributed by atoms with Crippen LogP contribution < -0.4 is 4.90 Å². The minimum atomic E-state index is -0.662. The van der Waals surface area contributed by atoms with E-state index in [2.05, 4.69) is 11.1 Å². The Morgan fingerprint density at radius 2 is 2.08 bits per heavy atom. The Morgan fingerprint density at radius 3 is 2.67 bits per heavy atom. The molecule has 0 atom stereocenters. The van der Waals surface area contributed by atoms with Gasteiger partial charge in [0, 0.05) is 11.2 Å². The number of carbonyl (C=O) groups excluding carboxylic acids is 1. The minimum Gasteiger partial charge on any atom is -0.443 e. The van der Waals surface area contributed by atoms with E-state index in [-0.39, 0.29) is 6.54 Å². The second-order valence-electron chi connectivity index (χ2n) is 6.16. The van der Waals surface area contributed by atoms with Crippen LogP contribution in [0.2, 0.25) is 5.02 Å². The van der Waals surface area contributed by atoms with Gasteiger partial charge in [-0.15, -0.1) is 0 Å². The zero-order valence-corrected chi connectivity index (χ0v) is 14.5. The van der Waals surface area contributed by atoms with Crippen LogP contribution >= 0.6 is 11.6 Å². The zero-order valence-electron chi connectivity index (χ0n) is 13.8. The molecule has 124 valence electrons. The molecule has 1 aromatic carbocycles. The van der Waals surface area contributed by atoms with Crippen molar-refractivity contribution in [1.82, 2.24) is 4.98 Å². The number of nitriles is 1. The SMILES string of the molecule is CC(C)(C)OC(=O)N(Cc1ccccn1)c1cc(Cl)ccc1C#N. The average Bonchev–Trinajstić information content (AvgIpc) is 2.52. The number of nitrogens with zero attached hydrogens (tertiary/aromatic N) is 3. The number of anilines is 1. The number of aromatic nitrogens is 1. The Labute approximate surface area is 146 Å². The van der Waals surface area contributed by atoms with Crippen molar-refractivity contribution in [3.05, 3.63) is 58.9 Å². The molecule has 2 aromatic rings. The predicted molar refractivity (Wildman–Crippen MR) is 92.8 cm³/mol. The van der Waals surface area contributed by atoms with Gasteiger partial charge in [0.05, 0.1) is 23.5 Å². The third-order valence-corrected chi connectivity index (χ3v) is 3.27. The zero-order chi connectivity index (χ0) is 17.7. The number of ether oxygens (including phenoxy) is 1. The summed E-state index contributed by atoms with van der Waals surface area (Å²) in [6, 6.07) is 12.3. The van der Waals surface area contributed by atoms with Crippen molar-refractivity contribution in [2.75, 3.05) is 4.90 Å². The Bertz CT molecular complexity index is 764. The summed E-state index contributed by atoms with van der Waals surface area (Å²) in [5.41, 5.74) is 0.739.